The van der Waals surface area contributed by atoms with Gasteiger partial charge in [0.2, 0.25) is 5.88 Å². The maximum atomic E-state index is 12.6. The van der Waals surface area contributed by atoms with Crippen molar-refractivity contribution in [1.82, 2.24) is 4.98 Å². The molecule has 0 saturated heterocycles. The molecule has 1 aromatic heterocycles. The summed E-state index contributed by atoms with van der Waals surface area (Å²) in [7, 11) is 1.45. The molecule has 23 heavy (non-hydrogen) atoms. The van der Waals surface area contributed by atoms with Crippen LogP contribution in [0.15, 0.2) is 30.5 Å². The predicted molar refractivity (Wildman–Crippen MR) is 80.1 cm³/mol. The number of alkyl halides is 3. The second-order valence-electron chi connectivity index (χ2n) is 4.60. The van der Waals surface area contributed by atoms with Crippen molar-refractivity contribution in [2.75, 3.05) is 13.7 Å². The lowest BCUT2D eigenvalue weighted by Gasteiger charge is -2.15. The first-order valence-corrected chi connectivity index (χ1v) is 7.01. The van der Waals surface area contributed by atoms with Crippen LogP contribution in [0.1, 0.15) is 11.1 Å². The molecule has 0 unspecified atom stereocenters. The van der Waals surface area contributed by atoms with E-state index in [0.717, 1.165) is 11.6 Å². The quantitative estimate of drug-likeness (QED) is 0.887. The van der Waals surface area contributed by atoms with Crippen LogP contribution in [-0.2, 0) is 12.6 Å². The summed E-state index contributed by atoms with van der Waals surface area (Å²) in [5.41, 5.74) is 5.34. The first-order chi connectivity index (χ1) is 10.9. The molecule has 0 fully saturated rings. The van der Waals surface area contributed by atoms with Crippen LogP contribution < -0.4 is 15.2 Å². The van der Waals surface area contributed by atoms with E-state index in [-0.39, 0.29) is 10.9 Å². The van der Waals surface area contributed by atoms with Gasteiger partial charge in [0, 0.05) is 6.20 Å². The van der Waals surface area contributed by atoms with Gasteiger partial charge in [-0.1, -0.05) is 23.7 Å². The van der Waals surface area contributed by atoms with Gasteiger partial charge in [-0.3, -0.25) is 0 Å². The summed E-state index contributed by atoms with van der Waals surface area (Å²) >= 11 is 5.86. The molecule has 1 aromatic carbocycles. The lowest BCUT2D eigenvalue weighted by atomic mass is 10.1. The third-order valence-electron chi connectivity index (χ3n) is 3.03. The Balaban J connectivity index is 2.39. The van der Waals surface area contributed by atoms with E-state index >= 15 is 0 Å². The maximum Gasteiger partial charge on any atom is 0.417 e. The average Bonchev–Trinajstić information content (AvgIpc) is 2.49. The van der Waals surface area contributed by atoms with Crippen molar-refractivity contribution in [1.29, 1.82) is 0 Å². The van der Waals surface area contributed by atoms with Crippen LogP contribution >= 0.6 is 11.6 Å². The number of nitrogens with zero attached hydrogens (tertiary/aromatic N) is 1. The van der Waals surface area contributed by atoms with E-state index in [1.807, 2.05) is 0 Å². The molecule has 0 aliphatic rings. The normalized spacial score (nSPS) is 11.4. The molecule has 2 aromatic rings. The summed E-state index contributed by atoms with van der Waals surface area (Å²) in [6, 6.07) is 5.97. The number of hydrogen-bond donors (Lipinski definition) is 1. The maximum absolute atomic E-state index is 12.6. The number of rotatable bonds is 5. The molecule has 0 radical (unpaired) electrons. The first-order valence-electron chi connectivity index (χ1n) is 6.63. The molecule has 4 nitrogen and oxygen atoms in total. The van der Waals surface area contributed by atoms with E-state index in [1.165, 1.54) is 7.11 Å². The van der Waals surface area contributed by atoms with Crippen molar-refractivity contribution >= 4 is 11.6 Å². The summed E-state index contributed by atoms with van der Waals surface area (Å²) in [4.78, 5) is 3.66. The molecule has 0 aliphatic heterocycles. The van der Waals surface area contributed by atoms with Crippen molar-refractivity contribution in [2.45, 2.75) is 12.6 Å². The Bertz CT molecular complexity index is 693. The zero-order valence-electron chi connectivity index (χ0n) is 12.2. The van der Waals surface area contributed by atoms with Gasteiger partial charge in [0.05, 0.1) is 12.7 Å². The molecule has 8 heteroatoms. The smallest absolute Gasteiger partial charge is 0.417 e. The van der Waals surface area contributed by atoms with E-state index in [2.05, 4.69) is 4.98 Å². The Morgan fingerprint density at radius 2 is 2.04 bits per heavy atom. The van der Waals surface area contributed by atoms with Gasteiger partial charge in [0.1, 0.15) is 5.02 Å². The van der Waals surface area contributed by atoms with Crippen LogP contribution in [-0.4, -0.2) is 18.6 Å². The van der Waals surface area contributed by atoms with Gasteiger partial charge >= 0.3 is 6.18 Å². The Kier molecular flexibility index (Phi) is 5.33. The number of nitrogens with two attached hydrogens (primary N) is 1. The molecule has 1 heterocycles. The minimum Gasteiger partial charge on any atom is -0.493 e. The number of benzene rings is 1. The van der Waals surface area contributed by atoms with Crippen molar-refractivity contribution < 1.29 is 22.6 Å². The zero-order valence-corrected chi connectivity index (χ0v) is 12.9. The van der Waals surface area contributed by atoms with Crippen LogP contribution in [0.5, 0.6) is 17.4 Å². The van der Waals surface area contributed by atoms with Crippen LogP contribution in [0.4, 0.5) is 13.2 Å². The van der Waals surface area contributed by atoms with Gasteiger partial charge in [-0.25, -0.2) is 4.98 Å². The highest BCUT2D eigenvalue weighted by molar-refractivity contribution is 6.31. The molecule has 0 amide bonds. The Labute approximate surface area is 136 Å². The monoisotopic (exact) mass is 346 g/mol. The molecule has 2 rings (SSSR count). The lowest BCUT2D eigenvalue weighted by molar-refractivity contribution is -0.137. The topological polar surface area (TPSA) is 57.4 Å². The van der Waals surface area contributed by atoms with Crippen LogP contribution in [0.2, 0.25) is 5.02 Å². The van der Waals surface area contributed by atoms with E-state index in [0.29, 0.717) is 30.7 Å². The fourth-order valence-corrected chi connectivity index (χ4v) is 2.15. The SMILES string of the molecule is COc1cccc(CCN)c1Oc1ncc(C(F)(F)F)cc1Cl. The first kappa shape index (κ1) is 17.4. The van der Waals surface area contributed by atoms with Crippen molar-refractivity contribution in [3.8, 4) is 17.4 Å². The second kappa shape index (κ2) is 7.06. The third-order valence-corrected chi connectivity index (χ3v) is 3.30. The van der Waals surface area contributed by atoms with E-state index in [9.17, 15) is 13.2 Å². The molecule has 0 atom stereocenters. The van der Waals surface area contributed by atoms with Crippen molar-refractivity contribution in [3.05, 3.63) is 46.6 Å². The lowest BCUT2D eigenvalue weighted by Crippen LogP contribution is -2.07. The minimum absolute atomic E-state index is 0.137. The number of pyridine rings is 1. The summed E-state index contributed by atoms with van der Waals surface area (Å²) in [6.45, 7) is 0.373. The zero-order chi connectivity index (χ0) is 17.0. The number of ether oxygens (including phenoxy) is 2. The average molecular weight is 347 g/mol. The van der Waals surface area contributed by atoms with E-state index < -0.39 is 11.7 Å². The number of halogens is 4. The highest BCUT2D eigenvalue weighted by Crippen LogP contribution is 2.38. The molecule has 0 aliphatic carbocycles. The highest BCUT2D eigenvalue weighted by atomic mass is 35.5. The van der Waals surface area contributed by atoms with Crippen LogP contribution in [0.3, 0.4) is 0 Å². The number of methoxy groups -OCH3 is 1. The summed E-state index contributed by atoms with van der Waals surface area (Å²) in [5.74, 6) is 0.603. The van der Waals surface area contributed by atoms with Gasteiger partial charge in [-0.2, -0.15) is 13.2 Å². The molecule has 0 bridgehead atoms. The van der Waals surface area contributed by atoms with Crippen LogP contribution in [0.25, 0.3) is 0 Å². The standard InChI is InChI=1S/C15H14ClF3N2O2/c1-22-12-4-2-3-9(5-6-20)13(12)23-14-11(16)7-10(8-21-14)15(17,18)19/h2-4,7-8H,5-6,20H2,1H3. The van der Waals surface area contributed by atoms with E-state index in [1.54, 1.807) is 18.2 Å². The molecule has 2 N–H and O–H groups in total. The predicted octanol–water partition coefficient (Wildman–Crippen LogP) is 4.06. The van der Waals surface area contributed by atoms with Gasteiger partial charge in [0.15, 0.2) is 11.5 Å². The summed E-state index contributed by atoms with van der Waals surface area (Å²) in [6.07, 6.45) is -3.35. The Morgan fingerprint density at radius 3 is 2.61 bits per heavy atom. The number of para-hydroxylation sites is 1. The van der Waals surface area contributed by atoms with Gasteiger partial charge in [-0.15, -0.1) is 0 Å². The highest BCUT2D eigenvalue weighted by Gasteiger charge is 2.32. The van der Waals surface area contributed by atoms with Crippen molar-refractivity contribution in [3.63, 3.8) is 0 Å². The Morgan fingerprint density at radius 1 is 1.30 bits per heavy atom. The summed E-state index contributed by atoms with van der Waals surface area (Å²) < 4.78 is 48.7. The third kappa shape index (κ3) is 4.05. The van der Waals surface area contributed by atoms with Gasteiger partial charge in [-0.05, 0) is 30.7 Å². The minimum atomic E-state index is -4.52. The van der Waals surface area contributed by atoms with Crippen molar-refractivity contribution in [2.24, 2.45) is 5.73 Å². The molecule has 124 valence electrons. The fourth-order valence-electron chi connectivity index (χ4n) is 1.94. The second-order valence-corrected chi connectivity index (χ2v) is 5.01. The molecular formula is C15H14ClF3N2O2. The number of hydrogen-bond acceptors (Lipinski definition) is 4. The van der Waals surface area contributed by atoms with Gasteiger partial charge in [0.25, 0.3) is 0 Å². The van der Waals surface area contributed by atoms with Gasteiger partial charge < -0.3 is 15.2 Å². The Hall–Kier alpha value is -1.99. The summed E-state index contributed by atoms with van der Waals surface area (Å²) in [5, 5.41) is -0.246. The molecule has 0 saturated carbocycles. The van der Waals surface area contributed by atoms with E-state index in [4.69, 9.17) is 26.8 Å². The fraction of sp³-hybridized carbons (Fsp3) is 0.267. The molecular weight excluding hydrogens is 333 g/mol. The van der Waals surface area contributed by atoms with Crippen LogP contribution in [0, 0.1) is 0 Å². The molecule has 0 spiro atoms. The number of aromatic nitrogens is 1. The largest absolute Gasteiger partial charge is 0.493 e.